The second kappa shape index (κ2) is 13.6. The van der Waals surface area contributed by atoms with Crippen molar-refractivity contribution in [1.29, 1.82) is 0 Å². The first-order chi connectivity index (χ1) is 19.7. The van der Waals surface area contributed by atoms with Gasteiger partial charge in [-0.3, -0.25) is 14.4 Å². The molecule has 3 heterocycles. The Labute approximate surface area is 249 Å². The maximum Gasteiger partial charge on any atom is 0.310 e. The van der Waals surface area contributed by atoms with E-state index < -0.39 is 22.6 Å². The molecule has 3 aliphatic rings. The number of nitrogens with zero attached hydrogens (tertiary/aromatic N) is 2. The second-order valence-corrected chi connectivity index (χ2v) is 13.4. The van der Waals surface area contributed by atoms with Crippen LogP contribution in [0.5, 0.6) is 0 Å². The summed E-state index contributed by atoms with van der Waals surface area (Å²) in [5, 5.41) is 9.16. The summed E-state index contributed by atoms with van der Waals surface area (Å²) in [5.74, 6) is -1.55. The van der Waals surface area contributed by atoms with Gasteiger partial charge in [-0.15, -0.1) is 24.9 Å². The van der Waals surface area contributed by atoms with E-state index >= 15 is 0 Å². The summed E-state index contributed by atoms with van der Waals surface area (Å²) in [6.45, 7) is 15.0. The van der Waals surface area contributed by atoms with Gasteiger partial charge in [0, 0.05) is 30.6 Å². The number of likely N-dealkylation sites (tertiary alicyclic amines) is 1. The number of aliphatic hydroxyl groups is 1. The Kier molecular flexibility index (Phi) is 10.4. The number of esters is 1. The molecule has 0 saturated carbocycles. The van der Waals surface area contributed by atoms with Crippen molar-refractivity contribution in [3.8, 4) is 0 Å². The lowest BCUT2D eigenvalue weighted by atomic mass is 9.66. The Hall–Kier alpha value is -2.58. The molecule has 41 heavy (non-hydrogen) atoms. The number of unbranched alkanes of at least 4 members (excludes halogenated alkanes) is 4. The van der Waals surface area contributed by atoms with Gasteiger partial charge >= 0.3 is 5.97 Å². The van der Waals surface area contributed by atoms with Gasteiger partial charge in [-0.25, -0.2) is 0 Å². The zero-order valence-corrected chi connectivity index (χ0v) is 25.7. The third kappa shape index (κ3) is 5.87. The van der Waals surface area contributed by atoms with Crippen molar-refractivity contribution < 1.29 is 24.2 Å². The van der Waals surface area contributed by atoms with Crippen molar-refractivity contribution in [2.75, 3.05) is 31.2 Å². The van der Waals surface area contributed by atoms with Crippen LogP contribution in [0.3, 0.4) is 0 Å². The number of anilines is 1. The number of carbonyl (C=O) groups excluding carboxylic acids is 3. The highest BCUT2D eigenvalue weighted by Gasteiger charge is 2.76. The minimum Gasteiger partial charge on any atom is -0.465 e. The zero-order chi connectivity index (χ0) is 29.7. The van der Waals surface area contributed by atoms with Gasteiger partial charge in [0.15, 0.2) is 0 Å². The average molecular weight is 583 g/mol. The number of fused-ring (bicyclic) bond motifs is 1. The van der Waals surface area contributed by atoms with Crippen LogP contribution >= 0.6 is 11.8 Å². The predicted octanol–water partition coefficient (Wildman–Crippen LogP) is 5.22. The lowest BCUT2D eigenvalue weighted by Crippen LogP contribution is -2.57. The van der Waals surface area contributed by atoms with Crippen LogP contribution in [0.25, 0.3) is 0 Å². The summed E-state index contributed by atoms with van der Waals surface area (Å²) in [6.07, 6.45) is 8.96. The highest BCUT2D eigenvalue weighted by molar-refractivity contribution is 8.02. The van der Waals surface area contributed by atoms with Crippen LogP contribution in [0.4, 0.5) is 5.69 Å². The van der Waals surface area contributed by atoms with Gasteiger partial charge in [0.05, 0.1) is 23.2 Å². The van der Waals surface area contributed by atoms with Crippen LogP contribution in [0, 0.1) is 31.6 Å². The summed E-state index contributed by atoms with van der Waals surface area (Å²) in [6, 6.07) is 5.39. The number of carbonyl (C=O) groups is 3. The Morgan fingerprint density at radius 2 is 1.93 bits per heavy atom. The number of aryl methyl sites for hydroxylation is 2. The molecular formula is C33H46N2O5S. The predicted molar refractivity (Wildman–Crippen MR) is 165 cm³/mol. The Balaban J connectivity index is 1.72. The zero-order valence-electron chi connectivity index (χ0n) is 24.8. The molecule has 1 aromatic rings. The fraction of sp³-hybridized carbons (Fsp3) is 0.606. The molecule has 3 aliphatic heterocycles. The van der Waals surface area contributed by atoms with Gasteiger partial charge in [0.1, 0.15) is 6.04 Å². The van der Waals surface area contributed by atoms with E-state index in [1.54, 1.807) is 33.7 Å². The number of aliphatic hydroxyl groups excluding tert-OH is 1. The first-order valence-electron chi connectivity index (χ1n) is 15.1. The van der Waals surface area contributed by atoms with E-state index in [1.165, 1.54) is 0 Å². The standard InChI is InChI=1S/C33H46N2O5S/c1-6-8-13-19-40-32(39)27-26-21-24(5)33(41-26)28(27)30(37)35(17-11-9-10-12-18-36)29(33)31(38)34(16-7-2)25-20-22(3)14-15-23(25)4/h6-7,14-15,20,24,26-29,36H,1-2,8-13,16-19,21H2,3-5H3/t24?,26-,27+,28+,29?,33?/m1/s1. The molecule has 3 unspecified atom stereocenters. The summed E-state index contributed by atoms with van der Waals surface area (Å²) in [5.41, 5.74) is 2.86. The largest absolute Gasteiger partial charge is 0.465 e. The van der Waals surface area contributed by atoms with Gasteiger partial charge in [-0.2, -0.15) is 0 Å². The minimum atomic E-state index is -0.689. The van der Waals surface area contributed by atoms with Crippen LogP contribution in [0.1, 0.15) is 63.0 Å². The lowest BCUT2D eigenvalue weighted by molar-refractivity contribution is -0.154. The maximum absolute atomic E-state index is 14.8. The molecule has 3 saturated heterocycles. The highest BCUT2D eigenvalue weighted by Crippen LogP contribution is 2.68. The van der Waals surface area contributed by atoms with Crippen molar-refractivity contribution in [3.63, 3.8) is 0 Å². The quantitative estimate of drug-likeness (QED) is 0.173. The van der Waals surface area contributed by atoms with Crippen molar-refractivity contribution in [2.45, 2.75) is 81.8 Å². The molecular weight excluding hydrogens is 536 g/mol. The third-order valence-electron chi connectivity index (χ3n) is 9.09. The van der Waals surface area contributed by atoms with Crippen molar-refractivity contribution in [2.24, 2.45) is 17.8 Å². The molecule has 0 aromatic heterocycles. The molecule has 224 valence electrons. The van der Waals surface area contributed by atoms with E-state index in [0.717, 1.165) is 55.3 Å². The van der Waals surface area contributed by atoms with Crippen LogP contribution in [0.15, 0.2) is 43.5 Å². The summed E-state index contributed by atoms with van der Waals surface area (Å²) < 4.78 is 5.02. The van der Waals surface area contributed by atoms with Crippen LogP contribution < -0.4 is 4.90 Å². The van der Waals surface area contributed by atoms with Crippen LogP contribution in [-0.4, -0.2) is 70.1 Å². The van der Waals surface area contributed by atoms with Gasteiger partial charge in [0.2, 0.25) is 5.91 Å². The fourth-order valence-corrected chi connectivity index (χ4v) is 9.55. The molecule has 0 radical (unpaired) electrons. The van der Waals surface area contributed by atoms with Gasteiger partial charge < -0.3 is 19.6 Å². The number of hydrogen-bond donors (Lipinski definition) is 1. The molecule has 8 heteroatoms. The molecule has 2 bridgehead atoms. The van der Waals surface area contributed by atoms with Crippen molar-refractivity contribution in [1.82, 2.24) is 4.90 Å². The summed E-state index contributed by atoms with van der Waals surface area (Å²) in [4.78, 5) is 46.2. The molecule has 1 aromatic carbocycles. The first-order valence-corrected chi connectivity index (χ1v) is 16.0. The van der Waals surface area contributed by atoms with Gasteiger partial charge in [-0.05, 0) is 69.1 Å². The molecule has 6 atom stereocenters. The van der Waals surface area contributed by atoms with Gasteiger partial charge in [0.25, 0.3) is 5.91 Å². The normalized spacial score (nSPS) is 28.0. The van der Waals surface area contributed by atoms with Crippen LogP contribution in [-0.2, 0) is 19.1 Å². The third-order valence-corrected chi connectivity index (χ3v) is 11.2. The van der Waals surface area contributed by atoms with E-state index in [9.17, 15) is 19.5 Å². The molecule has 3 fully saturated rings. The van der Waals surface area contributed by atoms with E-state index in [2.05, 4.69) is 20.1 Å². The monoisotopic (exact) mass is 582 g/mol. The number of allylic oxidation sites excluding steroid dienone is 1. The Bertz CT molecular complexity index is 1150. The van der Waals surface area contributed by atoms with E-state index in [1.807, 2.05) is 32.0 Å². The number of hydrogen-bond acceptors (Lipinski definition) is 6. The van der Waals surface area contributed by atoms with Crippen molar-refractivity contribution >= 4 is 35.2 Å². The molecule has 0 aliphatic carbocycles. The lowest BCUT2D eigenvalue weighted by Gasteiger charge is -2.40. The van der Waals surface area contributed by atoms with E-state index in [4.69, 9.17) is 4.74 Å². The molecule has 4 rings (SSSR count). The van der Waals surface area contributed by atoms with Crippen molar-refractivity contribution in [3.05, 3.63) is 54.6 Å². The number of benzene rings is 1. The number of amides is 2. The molecule has 1 spiro atoms. The first kappa shape index (κ1) is 31.4. The number of thioether (sulfide) groups is 1. The Morgan fingerprint density at radius 1 is 1.17 bits per heavy atom. The minimum absolute atomic E-state index is 0.0404. The van der Waals surface area contributed by atoms with Gasteiger partial charge in [-0.1, -0.05) is 44.1 Å². The number of rotatable bonds is 15. The maximum atomic E-state index is 14.8. The molecule has 7 nitrogen and oxygen atoms in total. The van der Waals surface area contributed by atoms with E-state index in [0.29, 0.717) is 26.1 Å². The number of ether oxygens (including phenoxy) is 1. The SMILES string of the molecule is C=CCCCOC(=O)[C@@H]1[C@H]2C(=O)N(CCCCCCO)C(C(=O)N(CC=C)c3cc(C)ccc3C)C23S[C@@H]1CC3C. The fourth-order valence-electron chi connectivity index (χ4n) is 7.15. The Morgan fingerprint density at radius 3 is 2.63 bits per heavy atom. The summed E-state index contributed by atoms with van der Waals surface area (Å²) >= 11 is 1.68. The van der Waals surface area contributed by atoms with Crippen LogP contribution in [0.2, 0.25) is 0 Å². The molecule has 2 amide bonds. The smallest absolute Gasteiger partial charge is 0.310 e. The second-order valence-electron chi connectivity index (χ2n) is 11.8. The topological polar surface area (TPSA) is 87.1 Å². The van der Waals surface area contributed by atoms with E-state index in [-0.39, 0.29) is 35.6 Å². The average Bonchev–Trinajstić information content (AvgIpc) is 3.54. The molecule has 1 N–H and O–H groups in total. The summed E-state index contributed by atoms with van der Waals surface area (Å²) in [7, 11) is 0. The highest BCUT2D eigenvalue weighted by atomic mass is 32.2.